The fourth-order valence-electron chi connectivity index (χ4n) is 6.64. The topological polar surface area (TPSA) is 108 Å². The Morgan fingerprint density at radius 3 is 2.71 bits per heavy atom. The van der Waals surface area contributed by atoms with E-state index in [1.54, 1.807) is 4.90 Å². The van der Waals surface area contributed by atoms with Gasteiger partial charge in [0.25, 0.3) is 5.91 Å². The number of fused-ring (bicyclic) bond motifs is 2. The van der Waals surface area contributed by atoms with Crippen LogP contribution in [0.2, 0.25) is 0 Å². The minimum atomic E-state index is -0.603. The number of piperidine rings is 1. The number of hydrogen-bond donors (Lipinski definition) is 2. The van der Waals surface area contributed by atoms with Crippen LogP contribution in [0.25, 0.3) is 10.9 Å². The molecule has 2 aromatic carbocycles. The quantitative estimate of drug-likeness (QED) is 0.508. The summed E-state index contributed by atoms with van der Waals surface area (Å²) < 4.78 is 6.58. The second-order valence-corrected chi connectivity index (χ2v) is 11.1. The molecule has 0 spiro atoms. The molecule has 1 aromatic heterocycles. The van der Waals surface area contributed by atoms with Crippen LogP contribution < -0.4 is 10.1 Å². The molecule has 9 nitrogen and oxygen atoms in total. The van der Waals surface area contributed by atoms with Gasteiger partial charge in [0, 0.05) is 49.0 Å². The van der Waals surface area contributed by atoms with Gasteiger partial charge in [-0.2, -0.15) is 5.10 Å². The third kappa shape index (κ3) is 4.05. The van der Waals surface area contributed by atoms with E-state index in [2.05, 4.69) is 38.6 Å². The Hall–Kier alpha value is -3.72. The molecule has 1 saturated carbocycles. The summed E-state index contributed by atoms with van der Waals surface area (Å²) >= 11 is 0. The Labute approximate surface area is 220 Å². The van der Waals surface area contributed by atoms with Gasteiger partial charge in [0.05, 0.1) is 11.7 Å². The molecular weight excluding hydrogens is 482 g/mol. The van der Waals surface area contributed by atoms with Crippen LogP contribution >= 0.6 is 0 Å². The van der Waals surface area contributed by atoms with E-state index in [4.69, 9.17) is 4.74 Å². The summed E-state index contributed by atoms with van der Waals surface area (Å²) in [5, 5.41) is 10.7. The molecule has 0 radical (unpaired) electrons. The highest BCUT2D eigenvalue weighted by molar-refractivity contribution is 6.05. The lowest BCUT2D eigenvalue weighted by Gasteiger charge is -2.48. The van der Waals surface area contributed by atoms with Crippen LogP contribution in [0.5, 0.6) is 5.75 Å². The molecule has 3 atom stereocenters. The fourth-order valence-corrected chi connectivity index (χ4v) is 6.64. The van der Waals surface area contributed by atoms with Crippen LogP contribution in [0.15, 0.2) is 42.6 Å². The first-order valence-corrected chi connectivity index (χ1v) is 13.6. The van der Waals surface area contributed by atoms with Crippen molar-refractivity contribution in [3.63, 3.8) is 0 Å². The van der Waals surface area contributed by atoms with Crippen molar-refractivity contribution < 1.29 is 19.1 Å². The van der Waals surface area contributed by atoms with Crippen LogP contribution in [0.3, 0.4) is 0 Å². The zero-order chi connectivity index (χ0) is 25.8. The van der Waals surface area contributed by atoms with Gasteiger partial charge in [0.1, 0.15) is 17.9 Å². The van der Waals surface area contributed by atoms with E-state index in [0.29, 0.717) is 30.5 Å². The molecule has 1 aliphatic carbocycles. The standard InChI is InChI=1S/C29H31N5O4/c35-27-10-9-25(28(36)31-27)34-16-19-12-21(6-7-22(19)29(34)37)38-26-4-2-1-3-24(26)33-14-20(15-33)17-5-8-23-18(11-17)13-30-32-23/h5-8,11-13,20,24-26H,1-4,9-10,14-16H2,(H,30,32)(H,31,35,36)/t24-,25?,26+/m1/s1. The lowest BCUT2D eigenvalue weighted by Crippen LogP contribution is -2.57. The van der Waals surface area contributed by atoms with Gasteiger partial charge in [-0.25, -0.2) is 0 Å². The molecule has 3 fully saturated rings. The van der Waals surface area contributed by atoms with E-state index >= 15 is 0 Å². The van der Waals surface area contributed by atoms with E-state index in [-0.39, 0.29) is 30.2 Å². The molecule has 2 saturated heterocycles. The van der Waals surface area contributed by atoms with Crippen molar-refractivity contribution >= 4 is 28.6 Å². The maximum absolute atomic E-state index is 13.0. The van der Waals surface area contributed by atoms with E-state index in [0.717, 1.165) is 54.6 Å². The van der Waals surface area contributed by atoms with Crippen LogP contribution in [0, 0.1) is 0 Å². The first kappa shape index (κ1) is 23.4. The number of benzene rings is 2. The van der Waals surface area contributed by atoms with Crippen LogP contribution in [-0.4, -0.2) is 69.0 Å². The second-order valence-electron chi connectivity index (χ2n) is 11.1. The predicted molar refractivity (Wildman–Crippen MR) is 140 cm³/mol. The summed E-state index contributed by atoms with van der Waals surface area (Å²) in [5.41, 5.74) is 3.93. The third-order valence-corrected chi connectivity index (χ3v) is 8.76. The smallest absolute Gasteiger partial charge is 0.255 e. The van der Waals surface area contributed by atoms with Crippen molar-refractivity contribution in [2.24, 2.45) is 0 Å². The van der Waals surface area contributed by atoms with Crippen molar-refractivity contribution in [2.45, 2.75) is 69.2 Å². The summed E-state index contributed by atoms with van der Waals surface area (Å²) in [7, 11) is 0. The van der Waals surface area contributed by atoms with E-state index in [1.165, 1.54) is 12.0 Å². The van der Waals surface area contributed by atoms with Gasteiger partial charge in [0.2, 0.25) is 11.8 Å². The van der Waals surface area contributed by atoms with Crippen molar-refractivity contribution in [3.05, 3.63) is 59.3 Å². The highest BCUT2D eigenvalue weighted by atomic mass is 16.5. The number of nitrogens with zero attached hydrogens (tertiary/aromatic N) is 3. The molecule has 1 unspecified atom stereocenters. The Kier molecular flexibility index (Phi) is 5.69. The van der Waals surface area contributed by atoms with Gasteiger partial charge in [0.15, 0.2) is 0 Å². The number of carbonyl (C=O) groups is 3. The number of H-pyrrole nitrogens is 1. The first-order chi connectivity index (χ1) is 18.5. The van der Waals surface area contributed by atoms with E-state index in [1.807, 2.05) is 24.4 Å². The molecular formula is C29H31N5O4. The molecule has 4 heterocycles. The van der Waals surface area contributed by atoms with Crippen LogP contribution in [0.4, 0.5) is 0 Å². The Morgan fingerprint density at radius 1 is 0.974 bits per heavy atom. The number of aromatic amines is 1. The van der Waals surface area contributed by atoms with E-state index in [9.17, 15) is 14.4 Å². The Bertz CT molecular complexity index is 1430. The Balaban J connectivity index is 1.02. The normalized spacial score (nSPS) is 26.4. The average Bonchev–Trinajstić information content (AvgIpc) is 3.48. The zero-order valence-electron chi connectivity index (χ0n) is 21.2. The van der Waals surface area contributed by atoms with Gasteiger partial charge in [-0.1, -0.05) is 12.5 Å². The first-order valence-electron chi connectivity index (χ1n) is 13.6. The molecule has 196 valence electrons. The highest BCUT2D eigenvalue weighted by Crippen LogP contribution is 2.37. The number of carbonyl (C=O) groups excluding carboxylic acids is 3. The summed E-state index contributed by atoms with van der Waals surface area (Å²) in [5.74, 6) is 0.487. The number of imide groups is 1. The van der Waals surface area contributed by atoms with Gasteiger partial charge in [-0.15, -0.1) is 0 Å². The summed E-state index contributed by atoms with van der Waals surface area (Å²) in [6, 6.07) is 12.0. The molecule has 4 aliphatic rings. The van der Waals surface area contributed by atoms with Crippen LogP contribution in [0.1, 0.15) is 65.9 Å². The van der Waals surface area contributed by atoms with Crippen molar-refractivity contribution in [1.29, 1.82) is 0 Å². The lowest BCUT2D eigenvalue weighted by molar-refractivity contribution is -0.136. The number of hydrogen-bond acceptors (Lipinski definition) is 6. The third-order valence-electron chi connectivity index (χ3n) is 8.76. The summed E-state index contributed by atoms with van der Waals surface area (Å²) in [6.45, 7) is 2.43. The second kappa shape index (κ2) is 9.23. The largest absolute Gasteiger partial charge is 0.489 e. The summed E-state index contributed by atoms with van der Waals surface area (Å²) in [6.07, 6.45) is 7.13. The number of rotatable bonds is 5. The number of amides is 3. The van der Waals surface area contributed by atoms with Crippen LogP contribution in [-0.2, 0) is 16.1 Å². The lowest BCUT2D eigenvalue weighted by atomic mass is 9.84. The molecule has 2 N–H and O–H groups in total. The van der Waals surface area contributed by atoms with Gasteiger partial charge in [-0.3, -0.25) is 29.7 Å². The van der Waals surface area contributed by atoms with Crippen molar-refractivity contribution in [3.8, 4) is 5.75 Å². The zero-order valence-corrected chi connectivity index (χ0v) is 21.2. The molecule has 7 rings (SSSR count). The fraction of sp³-hybridized carbons (Fsp3) is 0.448. The number of nitrogens with one attached hydrogen (secondary N) is 2. The summed E-state index contributed by atoms with van der Waals surface area (Å²) in [4.78, 5) is 41.1. The maximum Gasteiger partial charge on any atom is 0.255 e. The molecule has 3 amide bonds. The molecule has 9 heteroatoms. The number of likely N-dealkylation sites (tertiary alicyclic amines) is 1. The molecule has 38 heavy (non-hydrogen) atoms. The highest BCUT2D eigenvalue weighted by Gasteiger charge is 2.41. The number of ether oxygens (including phenoxy) is 1. The SMILES string of the molecule is O=C1CCC(N2Cc3cc(O[C@H]4CCCC[C@H]4N4CC(c5ccc6[nH]ncc6c5)C4)ccc3C2=O)C(=O)N1. The minimum absolute atomic E-state index is 0.113. The predicted octanol–water partition coefficient (Wildman–Crippen LogP) is 3.11. The number of aromatic nitrogens is 2. The van der Waals surface area contributed by atoms with Crippen molar-refractivity contribution in [1.82, 2.24) is 25.3 Å². The monoisotopic (exact) mass is 513 g/mol. The van der Waals surface area contributed by atoms with Crippen molar-refractivity contribution in [2.75, 3.05) is 13.1 Å². The molecule has 3 aromatic rings. The molecule has 0 bridgehead atoms. The average molecular weight is 514 g/mol. The van der Waals surface area contributed by atoms with Gasteiger partial charge in [-0.05, 0) is 67.1 Å². The van der Waals surface area contributed by atoms with Gasteiger partial charge >= 0.3 is 0 Å². The van der Waals surface area contributed by atoms with Gasteiger partial charge < -0.3 is 9.64 Å². The Morgan fingerprint density at radius 2 is 1.84 bits per heavy atom. The maximum atomic E-state index is 13.0. The minimum Gasteiger partial charge on any atom is -0.489 e. The molecule has 3 aliphatic heterocycles. The van der Waals surface area contributed by atoms with E-state index < -0.39 is 6.04 Å².